The molecule has 1 rings (SSSR count). The van der Waals surface area contributed by atoms with Crippen LogP contribution in [0.15, 0.2) is 47.7 Å². The van der Waals surface area contributed by atoms with Crippen LogP contribution in [-0.2, 0) is 0 Å². The van der Waals surface area contributed by atoms with Crippen LogP contribution in [0.3, 0.4) is 0 Å². The fourth-order valence-electron chi connectivity index (χ4n) is 2.09. The van der Waals surface area contributed by atoms with Crippen molar-refractivity contribution < 1.29 is 4.39 Å². The molecule has 2 nitrogen and oxygen atoms in total. The lowest BCUT2D eigenvalue weighted by Gasteiger charge is -2.22. The molecule has 0 aliphatic rings. The number of benzene rings is 1. The highest BCUT2D eigenvalue weighted by Crippen LogP contribution is 2.21. The number of hydrogen-bond donors (Lipinski definition) is 1. The molecule has 1 aromatic carbocycles. The first kappa shape index (κ1) is 17.4. The van der Waals surface area contributed by atoms with E-state index in [1.807, 2.05) is 6.92 Å². The van der Waals surface area contributed by atoms with E-state index in [1.54, 1.807) is 17.1 Å². The van der Waals surface area contributed by atoms with Crippen LogP contribution in [0.5, 0.6) is 0 Å². The number of halogens is 1. The van der Waals surface area contributed by atoms with Gasteiger partial charge in [0, 0.05) is 5.70 Å². The molecule has 1 aromatic rings. The Morgan fingerprint density at radius 1 is 1.29 bits per heavy atom. The van der Waals surface area contributed by atoms with Crippen molar-refractivity contribution in [2.24, 2.45) is 11.8 Å². The van der Waals surface area contributed by atoms with E-state index in [0.717, 1.165) is 30.6 Å². The van der Waals surface area contributed by atoms with E-state index in [9.17, 15) is 4.39 Å². The molecule has 1 atom stereocenters. The molecule has 0 saturated heterocycles. The third-order valence-electron chi connectivity index (χ3n) is 3.88. The summed E-state index contributed by atoms with van der Waals surface area (Å²) in [6.45, 7) is 8.55. The van der Waals surface area contributed by atoms with Gasteiger partial charge >= 0.3 is 0 Å². The Kier molecular flexibility index (Phi) is 7.17. The molecule has 0 heterocycles. The fraction of sp³-hybridized carbons (Fsp3) is 0.444. The maximum absolute atomic E-state index is 13.0. The second-order valence-corrected chi connectivity index (χ2v) is 5.41. The summed E-state index contributed by atoms with van der Waals surface area (Å²) in [5.41, 5.74) is 3.12. The van der Waals surface area contributed by atoms with E-state index in [-0.39, 0.29) is 5.82 Å². The Balaban J connectivity index is 2.85. The van der Waals surface area contributed by atoms with Crippen LogP contribution in [0.4, 0.5) is 10.1 Å². The lowest BCUT2D eigenvalue weighted by molar-refractivity contribution is 0.627. The van der Waals surface area contributed by atoms with Crippen molar-refractivity contribution in [3.8, 4) is 0 Å². The third kappa shape index (κ3) is 5.35. The minimum Gasteiger partial charge on any atom is -0.284 e. The van der Waals surface area contributed by atoms with Gasteiger partial charge in [-0.15, -0.1) is 0 Å². The minimum absolute atomic E-state index is 0.249. The van der Waals surface area contributed by atoms with E-state index < -0.39 is 0 Å². The quantitative estimate of drug-likeness (QED) is 0.426. The molecule has 0 fully saturated rings. The van der Waals surface area contributed by atoms with Crippen molar-refractivity contribution in [3.63, 3.8) is 0 Å². The monoisotopic (exact) mass is 290 g/mol. The zero-order valence-corrected chi connectivity index (χ0v) is 13.6. The van der Waals surface area contributed by atoms with Gasteiger partial charge in [-0.1, -0.05) is 39.3 Å². The van der Waals surface area contributed by atoms with Crippen LogP contribution in [-0.4, -0.2) is 0 Å². The molecule has 1 unspecified atom stereocenters. The van der Waals surface area contributed by atoms with Crippen LogP contribution >= 0.6 is 0 Å². The second-order valence-electron chi connectivity index (χ2n) is 5.41. The first-order valence-electron chi connectivity index (χ1n) is 7.65. The van der Waals surface area contributed by atoms with Crippen molar-refractivity contribution in [3.05, 3.63) is 53.5 Å². The largest absolute Gasteiger partial charge is 0.284 e. The summed E-state index contributed by atoms with van der Waals surface area (Å²) in [5, 5.41) is 1.63. The second kappa shape index (κ2) is 8.63. The molecule has 0 radical (unpaired) electrons. The summed E-state index contributed by atoms with van der Waals surface area (Å²) in [7, 11) is 0. The van der Waals surface area contributed by atoms with Gasteiger partial charge in [0.05, 0.1) is 5.69 Å². The molecule has 0 aliphatic carbocycles. The fourth-order valence-corrected chi connectivity index (χ4v) is 2.09. The number of hydrogen-bond acceptors (Lipinski definition) is 2. The highest BCUT2D eigenvalue weighted by atomic mass is 19.1. The summed E-state index contributed by atoms with van der Waals surface area (Å²) in [5.74, 6) is 6.51. The van der Waals surface area contributed by atoms with Crippen LogP contribution < -0.4 is 10.9 Å². The van der Waals surface area contributed by atoms with Crippen LogP contribution in [0, 0.1) is 11.7 Å². The predicted molar refractivity (Wildman–Crippen MR) is 89.3 cm³/mol. The molecule has 0 bridgehead atoms. The zero-order chi connectivity index (χ0) is 15.8. The van der Waals surface area contributed by atoms with Gasteiger partial charge in [0.2, 0.25) is 0 Å². The average molecular weight is 290 g/mol. The summed E-state index contributed by atoms with van der Waals surface area (Å²) < 4.78 is 13.0. The molecule has 0 saturated carbocycles. The summed E-state index contributed by atoms with van der Waals surface area (Å²) in [4.78, 5) is 0. The van der Waals surface area contributed by atoms with Gasteiger partial charge in [0.25, 0.3) is 0 Å². The van der Waals surface area contributed by atoms with E-state index in [0.29, 0.717) is 5.92 Å². The van der Waals surface area contributed by atoms with E-state index in [4.69, 9.17) is 5.84 Å². The Morgan fingerprint density at radius 2 is 1.90 bits per heavy atom. The minimum atomic E-state index is -0.249. The van der Waals surface area contributed by atoms with Crippen molar-refractivity contribution >= 4 is 5.69 Å². The van der Waals surface area contributed by atoms with Gasteiger partial charge in [-0.2, -0.15) is 0 Å². The highest BCUT2D eigenvalue weighted by Gasteiger charge is 2.08. The third-order valence-corrected chi connectivity index (χ3v) is 3.88. The Labute approximate surface area is 128 Å². The molecule has 0 aliphatic heterocycles. The van der Waals surface area contributed by atoms with Gasteiger partial charge in [0.15, 0.2) is 0 Å². The smallest absolute Gasteiger partial charge is 0.123 e. The molecule has 3 heteroatoms. The van der Waals surface area contributed by atoms with Gasteiger partial charge in [-0.25, -0.2) is 10.2 Å². The van der Waals surface area contributed by atoms with Crippen LogP contribution in [0.1, 0.15) is 47.0 Å². The van der Waals surface area contributed by atoms with Crippen molar-refractivity contribution in [2.75, 3.05) is 5.01 Å². The van der Waals surface area contributed by atoms with Crippen molar-refractivity contribution in [1.82, 2.24) is 0 Å². The number of nitrogens with two attached hydrogens (primary N) is 1. The molecular weight excluding hydrogens is 263 g/mol. The molecule has 0 spiro atoms. The number of nitrogens with zero attached hydrogens (tertiary/aromatic N) is 1. The molecule has 116 valence electrons. The molecule has 0 amide bonds. The van der Waals surface area contributed by atoms with Gasteiger partial charge < -0.3 is 0 Å². The Hall–Kier alpha value is -1.61. The number of allylic oxidation sites excluding steroid dienone is 4. The van der Waals surface area contributed by atoms with Crippen molar-refractivity contribution in [1.29, 1.82) is 0 Å². The first-order valence-corrected chi connectivity index (χ1v) is 7.65. The van der Waals surface area contributed by atoms with Gasteiger partial charge in [-0.3, -0.25) is 5.01 Å². The molecular formula is C18H27FN2. The van der Waals surface area contributed by atoms with Gasteiger partial charge in [-0.05, 0) is 55.5 Å². The molecule has 0 aromatic heterocycles. The maximum Gasteiger partial charge on any atom is 0.123 e. The maximum atomic E-state index is 13.0. The SMILES string of the molecule is CC/C(CC=CC(C)CC)=C(/C)N(N)c1ccc(F)cc1. The number of rotatable bonds is 7. The first-order chi connectivity index (χ1) is 9.99. The zero-order valence-electron chi connectivity index (χ0n) is 13.6. The topological polar surface area (TPSA) is 29.3 Å². The summed E-state index contributed by atoms with van der Waals surface area (Å²) in [6, 6.07) is 6.25. The van der Waals surface area contributed by atoms with Crippen molar-refractivity contribution in [2.45, 2.75) is 47.0 Å². The predicted octanol–water partition coefficient (Wildman–Crippen LogP) is 5.18. The van der Waals surface area contributed by atoms with Crippen LogP contribution in [0.25, 0.3) is 0 Å². The highest BCUT2D eigenvalue weighted by molar-refractivity contribution is 5.50. The van der Waals surface area contributed by atoms with E-state index in [1.165, 1.54) is 17.7 Å². The Morgan fingerprint density at radius 3 is 2.43 bits per heavy atom. The number of hydrazine groups is 1. The summed E-state index contributed by atoms with van der Waals surface area (Å²) in [6.07, 6.45) is 7.48. The lowest BCUT2D eigenvalue weighted by atomic mass is 10.0. The van der Waals surface area contributed by atoms with Gasteiger partial charge in [0.1, 0.15) is 5.82 Å². The Bertz CT molecular complexity index is 488. The normalized spacial score (nSPS) is 14.2. The number of anilines is 1. The van der Waals surface area contributed by atoms with E-state index >= 15 is 0 Å². The van der Waals surface area contributed by atoms with Crippen LogP contribution in [0.2, 0.25) is 0 Å². The average Bonchev–Trinajstić information content (AvgIpc) is 2.50. The summed E-state index contributed by atoms with van der Waals surface area (Å²) >= 11 is 0. The lowest BCUT2D eigenvalue weighted by Crippen LogP contribution is -2.29. The molecule has 2 N–H and O–H groups in total. The van der Waals surface area contributed by atoms with E-state index in [2.05, 4.69) is 32.9 Å². The molecule has 21 heavy (non-hydrogen) atoms. The standard InChI is InChI=1S/C18H27FN2/c1-5-14(3)8-7-9-16(6-2)15(4)21(20)18-12-10-17(19)11-13-18/h7-8,10-14H,5-6,9,20H2,1-4H3/b8-7?,16-15+.